The van der Waals surface area contributed by atoms with Crippen LogP contribution in [0.1, 0.15) is 16.7 Å². The molecule has 0 saturated heterocycles. The van der Waals surface area contributed by atoms with Gasteiger partial charge in [0.25, 0.3) is 0 Å². The second-order valence-corrected chi connectivity index (χ2v) is 6.91. The van der Waals surface area contributed by atoms with Gasteiger partial charge in [0.1, 0.15) is 0 Å². The summed E-state index contributed by atoms with van der Waals surface area (Å²) in [5.41, 5.74) is 3.18. The van der Waals surface area contributed by atoms with Crippen LogP contribution < -0.4 is 0 Å². The van der Waals surface area contributed by atoms with E-state index in [1.165, 1.54) is 0 Å². The molecule has 0 amide bonds. The highest BCUT2D eigenvalue weighted by Gasteiger charge is 2.14. The second-order valence-electron chi connectivity index (χ2n) is 4.80. The van der Waals surface area contributed by atoms with Crippen LogP contribution in [0.25, 0.3) is 0 Å². The van der Waals surface area contributed by atoms with Crippen molar-refractivity contribution >= 4 is 9.84 Å². The van der Waals surface area contributed by atoms with Crippen LogP contribution in [0, 0.1) is 13.8 Å². The van der Waals surface area contributed by atoms with Crippen molar-refractivity contribution in [3.8, 4) is 0 Å². The molecule has 2 aromatic rings. The molecule has 0 aliphatic rings. The fourth-order valence-corrected chi connectivity index (χ4v) is 3.29. The first-order valence-electron chi connectivity index (χ1n) is 6.33. The Balaban J connectivity index is 2.16. The Morgan fingerprint density at radius 1 is 0.895 bits per heavy atom. The molecule has 2 nitrogen and oxygen atoms in total. The molecule has 0 N–H and O–H groups in total. The zero-order valence-electron chi connectivity index (χ0n) is 11.3. The Morgan fingerprint density at radius 3 is 2.21 bits per heavy atom. The Morgan fingerprint density at radius 2 is 1.58 bits per heavy atom. The highest BCUT2D eigenvalue weighted by molar-refractivity contribution is 7.91. The number of sulfone groups is 1. The maximum absolute atomic E-state index is 12.3. The molecule has 3 heteroatoms. The maximum Gasteiger partial charge on any atom is 0.178 e. The van der Waals surface area contributed by atoms with Crippen molar-refractivity contribution in [2.45, 2.75) is 25.2 Å². The summed E-state index contributed by atoms with van der Waals surface area (Å²) in [6.07, 6.45) is 0.552. The van der Waals surface area contributed by atoms with Crippen molar-refractivity contribution < 1.29 is 8.42 Å². The van der Waals surface area contributed by atoms with Gasteiger partial charge in [0.2, 0.25) is 0 Å². The molecular weight excluding hydrogens is 256 g/mol. The molecule has 100 valence electrons. The first kappa shape index (κ1) is 13.8. The molecule has 0 bridgehead atoms. The molecule has 0 fully saturated rings. The largest absolute Gasteiger partial charge is 0.224 e. The smallest absolute Gasteiger partial charge is 0.178 e. The van der Waals surface area contributed by atoms with Gasteiger partial charge >= 0.3 is 0 Å². The fourth-order valence-electron chi connectivity index (χ4n) is 1.92. The first-order valence-corrected chi connectivity index (χ1v) is 7.98. The highest BCUT2D eigenvalue weighted by Crippen LogP contribution is 2.17. The van der Waals surface area contributed by atoms with E-state index in [9.17, 15) is 8.42 Å². The minimum Gasteiger partial charge on any atom is -0.224 e. The number of hydrogen-bond acceptors (Lipinski definition) is 2. The van der Waals surface area contributed by atoms with Crippen molar-refractivity contribution in [3.63, 3.8) is 0 Å². The SMILES string of the molecule is Cc1ccc(S(=O)(=O)CCc2ccccc2)cc1C. The van der Waals surface area contributed by atoms with Crippen LogP contribution in [0.4, 0.5) is 0 Å². The first-order chi connectivity index (χ1) is 8.99. The van der Waals surface area contributed by atoms with E-state index in [1.54, 1.807) is 12.1 Å². The maximum atomic E-state index is 12.3. The lowest BCUT2D eigenvalue weighted by atomic mass is 10.1. The predicted octanol–water partition coefficient (Wildman–Crippen LogP) is 3.32. The van der Waals surface area contributed by atoms with Gasteiger partial charge in [-0.2, -0.15) is 0 Å². The standard InChI is InChI=1S/C16H18O2S/c1-13-8-9-16(12-14(13)2)19(17,18)11-10-15-6-4-3-5-7-15/h3-9,12H,10-11H2,1-2H3. The predicted molar refractivity (Wildman–Crippen MR) is 78.1 cm³/mol. The van der Waals surface area contributed by atoms with Crippen molar-refractivity contribution in [3.05, 3.63) is 65.2 Å². The van der Waals surface area contributed by atoms with Gasteiger partial charge in [0.15, 0.2) is 9.84 Å². The molecule has 0 aliphatic heterocycles. The molecule has 0 spiro atoms. The van der Waals surface area contributed by atoms with Gasteiger partial charge in [-0.3, -0.25) is 0 Å². The van der Waals surface area contributed by atoms with Crippen LogP contribution in [0.2, 0.25) is 0 Å². The quantitative estimate of drug-likeness (QED) is 0.857. The normalized spacial score (nSPS) is 11.5. The van der Waals surface area contributed by atoms with E-state index >= 15 is 0 Å². The molecule has 2 rings (SSSR count). The Labute approximate surface area is 115 Å². The molecule has 0 radical (unpaired) electrons. The van der Waals surface area contributed by atoms with E-state index < -0.39 is 9.84 Å². The van der Waals surface area contributed by atoms with E-state index in [4.69, 9.17) is 0 Å². The van der Waals surface area contributed by atoms with Gasteiger partial charge in [0.05, 0.1) is 10.6 Å². The third-order valence-corrected chi connectivity index (χ3v) is 5.05. The summed E-state index contributed by atoms with van der Waals surface area (Å²) >= 11 is 0. The minimum absolute atomic E-state index is 0.152. The number of aryl methyl sites for hydroxylation is 3. The van der Waals surface area contributed by atoms with Gasteiger partial charge in [-0.05, 0) is 49.1 Å². The summed E-state index contributed by atoms with van der Waals surface area (Å²) in [4.78, 5) is 0.423. The van der Waals surface area contributed by atoms with Gasteiger partial charge in [-0.15, -0.1) is 0 Å². The van der Waals surface area contributed by atoms with Gasteiger partial charge < -0.3 is 0 Å². The average Bonchev–Trinajstić information content (AvgIpc) is 2.41. The summed E-state index contributed by atoms with van der Waals surface area (Å²) in [5.74, 6) is 0.152. The van der Waals surface area contributed by atoms with Crippen molar-refractivity contribution in [1.29, 1.82) is 0 Å². The second kappa shape index (κ2) is 5.57. The van der Waals surface area contributed by atoms with Crippen molar-refractivity contribution in [2.75, 3.05) is 5.75 Å². The summed E-state index contributed by atoms with van der Waals surface area (Å²) in [7, 11) is -3.20. The third-order valence-electron chi connectivity index (χ3n) is 3.34. The molecule has 0 aromatic heterocycles. The van der Waals surface area contributed by atoms with E-state index in [1.807, 2.05) is 50.2 Å². The topological polar surface area (TPSA) is 34.1 Å². The lowest BCUT2D eigenvalue weighted by Crippen LogP contribution is -2.09. The molecule has 0 atom stereocenters. The zero-order chi connectivity index (χ0) is 13.9. The lowest BCUT2D eigenvalue weighted by Gasteiger charge is -2.07. The molecule has 2 aromatic carbocycles. The van der Waals surface area contributed by atoms with Crippen LogP contribution in [-0.2, 0) is 16.3 Å². The fraction of sp³-hybridized carbons (Fsp3) is 0.250. The summed E-state index contributed by atoms with van der Waals surface area (Å²) in [5, 5.41) is 0. The summed E-state index contributed by atoms with van der Waals surface area (Å²) in [6.45, 7) is 3.92. The Hall–Kier alpha value is -1.61. The van der Waals surface area contributed by atoms with Crippen LogP contribution in [-0.4, -0.2) is 14.2 Å². The monoisotopic (exact) mass is 274 g/mol. The molecule has 0 saturated carbocycles. The Kier molecular flexibility index (Phi) is 4.05. The van der Waals surface area contributed by atoms with Crippen LogP contribution >= 0.6 is 0 Å². The van der Waals surface area contributed by atoms with E-state index in [0.717, 1.165) is 16.7 Å². The van der Waals surface area contributed by atoms with E-state index in [-0.39, 0.29) is 5.75 Å². The molecular formula is C16H18O2S. The molecule has 0 aliphatic carbocycles. The number of benzene rings is 2. The third kappa shape index (κ3) is 3.44. The van der Waals surface area contributed by atoms with Gasteiger partial charge in [0, 0.05) is 0 Å². The Bertz CT molecular complexity index is 658. The molecule has 19 heavy (non-hydrogen) atoms. The van der Waals surface area contributed by atoms with E-state index in [2.05, 4.69) is 0 Å². The number of hydrogen-bond donors (Lipinski definition) is 0. The van der Waals surface area contributed by atoms with Crippen LogP contribution in [0.5, 0.6) is 0 Å². The van der Waals surface area contributed by atoms with Gasteiger partial charge in [-0.1, -0.05) is 36.4 Å². The van der Waals surface area contributed by atoms with E-state index in [0.29, 0.717) is 11.3 Å². The highest BCUT2D eigenvalue weighted by atomic mass is 32.2. The van der Waals surface area contributed by atoms with Crippen LogP contribution in [0.15, 0.2) is 53.4 Å². The lowest BCUT2D eigenvalue weighted by molar-refractivity contribution is 0.595. The molecule has 0 heterocycles. The zero-order valence-corrected chi connectivity index (χ0v) is 12.1. The summed E-state index contributed by atoms with van der Waals surface area (Å²) in [6, 6.07) is 15.0. The molecule has 0 unspecified atom stereocenters. The minimum atomic E-state index is -3.20. The number of rotatable bonds is 4. The van der Waals surface area contributed by atoms with Gasteiger partial charge in [-0.25, -0.2) is 8.42 Å². The summed E-state index contributed by atoms with van der Waals surface area (Å²) < 4.78 is 24.5. The van der Waals surface area contributed by atoms with Crippen LogP contribution in [0.3, 0.4) is 0 Å². The average molecular weight is 274 g/mol. The van der Waals surface area contributed by atoms with Crippen molar-refractivity contribution in [2.24, 2.45) is 0 Å². The van der Waals surface area contributed by atoms with Crippen molar-refractivity contribution in [1.82, 2.24) is 0 Å².